The van der Waals surface area contributed by atoms with Crippen molar-refractivity contribution in [3.05, 3.63) is 35.4 Å². The summed E-state index contributed by atoms with van der Waals surface area (Å²) < 4.78 is 5.46. The Labute approximate surface area is 138 Å². The first-order valence-corrected chi connectivity index (χ1v) is 8.59. The number of unbranched alkanes of at least 4 members (excludes halogenated alkanes) is 1. The molecule has 4 heteroatoms. The lowest BCUT2D eigenvalue weighted by molar-refractivity contribution is -0.140. The van der Waals surface area contributed by atoms with Crippen molar-refractivity contribution >= 4 is 11.9 Å². The molecule has 0 bridgehead atoms. The first-order chi connectivity index (χ1) is 11.0. The second kappa shape index (κ2) is 7.62. The SMILES string of the molecule is CCCCC(CC)CNC(=O)C1(C)Cc2ccccc2C(=O)O1. The van der Waals surface area contributed by atoms with Crippen molar-refractivity contribution in [1.29, 1.82) is 0 Å². The predicted molar refractivity (Wildman–Crippen MR) is 90.3 cm³/mol. The van der Waals surface area contributed by atoms with Gasteiger partial charge in [0.15, 0.2) is 5.60 Å². The van der Waals surface area contributed by atoms with Crippen molar-refractivity contribution < 1.29 is 14.3 Å². The Morgan fingerprint density at radius 2 is 2.09 bits per heavy atom. The number of hydrogen-bond acceptors (Lipinski definition) is 3. The molecule has 1 N–H and O–H groups in total. The van der Waals surface area contributed by atoms with E-state index in [2.05, 4.69) is 19.2 Å². The maximum absolute atomic E-state index is 12.6. The van der Waals surface area contributed by atoms with Crippen LogP contribution in [0.2, 0.25) is 0 Å². The summed E-state index contributed by atoms with van der Waals surface area (Å²) >= 11 is 0. The Morgan fingerprint density at radius 3 is 2.78 bits per heavy atom. The monoisotopic (exact) mass is 317 g/mol. The summed E-state index contributed by atoms with van der Waals surface area (Å²) in [5, 5.41) is 2.99. The molecule has 1 aliphatic rings. The minimum atomic E-state index is -1.12. The van der Waals surface area contributed by atoms with Crippen molar-refractivity contribution in [1.82, 2.24) is 5.32 Å². The molecule has 1 aromatic carbocycles. The van der Waals surface area contributed by atoms with Crippen LogP contribution in [-0.4, -0.2) is 24.0 Å². The summed E-state index contributed by atoms with van der Waals surface area (Å²) in [6.45, 7) is 6.66. The van der Waals surface area contributed by atoms with E-state index in [0.717, 1.165) is 24.8 Å². The van der Waals surface area contributed by atoms with Gasteiger partial charge in [-0.1, -0.05) is 51.3 Å². The second-order valence-corrected chi connectivity index (χ2v) is 6.58. The fourth-order valence-corrected chi connectivity index (χ4v) is 3.03. The van der Waals surface area contributed by atoms with E-state index in [9.17, 15) is 9.59 Å². The van der Waals surface area contributed by atoms with Gasteiger partial charge in [0.05, 0.1) is 5.56 Å². The van der Waals surface area contributed by atoms with Gasteiger partial charge in [0.2, 0.25) is 0 Å². The van der Waals surface area contributed by atoms with Gasteiger partial charge in [0, 0.05) is 13.0 Å². The van der Waals surface area contributed by atoms with Crippen LogP contribution in [0.25, 0.3) is 0 Å². The second-order valence-electron chi connectivity index (χ2n) is 6.58. The quantitative estimate of drug-likeness (QED) is 0.783. The van der Waals surface area contributed by atoms with E-state index in [1.54, 1.807) is 13.0 Å². The van der Waals surface area contributed by atoms with E-state index in [4.69, 9.17) is 4.74 Å². The Balaban J connectivity index is 2.00. The molecule has 23 heavy (non-hydrogen) atoms. The average Bonchev–Trinajstić information content (AvgIpc) is 2.54. The van der Waals surface area contributed by atoms with Crippen molar-refractivity contribution in [2.75, 3.05) is 6.54 Å². The summed E-state index contributed by atoms with van der Waals surface area (Å²) in [7, 11) is 0. The van der Waals surface area contributed by atoms with E-state index in [1.165, 1.54) is 6.42 Å². The molecular formula is C19H27NO3. The Bertz CT molecular complexity index is 569. The Morgan fingerprint density at radius 1 is 1.35 bits per heavy atom. The number of benzene rings is 1. The number of amides is 1. The zero-order valence-electron chi connectivity index (χ0n) is 14.4. The number of ether oxygens (including phenoxy) is 1. The van der Waals surface area contributed by atoms with Gasteiger partial charge in [-0.05, 0) is 30.9 Å². The van der Waals surface area contributed by atoms with Crippen molar-refractivity contribution in [3.63, 3.8) is 0 Å². The number of cyclic esters (lactones) is 1. The third kappa shape index (κ3) is 4.12. The molecule has 1 aromatic rings. The van der Waals surface area contributed by atoms with Crippen molar-refractivity contribution in [3.8, 4) is 0 Å². The number of esters is 1. The number of carbonyl (C=O) groups excluding carboxylic acids is 2. The summed E-state index contributed by atoms with van der Waals surface area (Å²) in [4.78, 5) is 24.7. The third-order valence-electron chi connectivity index (χ3n) is 4.66. The normalized spacial score (nSPS) is 21.3. The first-order valence-electron chi connectivity index (χ1n) is 8.59. The lowest BCUT2D eigenvalue weighted by Crippen LogP contribution is -2.52. The molecule has 2 atom stereocenters. The largest absolute Gasteiger partial charge is 0.445 e. The van der Waals surface area contributed by atoms with Gasteiger partial charge in [-0.3, -0.25) is 4.79 Å². The topological polar surface area (TPSA) is 55.4 Å². The van der Waals surface area contributed by atoms with E-state index in [1.807, 2.05) is 18.2 Å². The molecule has 0 spiro atoms. The zero-order chi connectivity index (χ0) is 16.9. The summed E-state index contributed by atoms with van der Waals surface area (Å²) in [5.41, 5.74) is 0.320. The summed E-state index contributed by atoms with van der Waals surface area (Å²) in [6, 6.07) is 7.32. The standard InChI is InChI=1S/C19H27NO3/c1-4-6-9-14(5-2)13-20-18(22)19(3)12-15-10-7-8-11-16(15)17(21)23-19/h7-8,10-11,14H,4-6,9,12-13H2,1-3H3,(H,20,22). The van der Waals surface area contributed by atoms with Crippen LogP contribution in [0, 0.1) is 5.92 Å². The third-order valence-corrected chi connectivity index (χ3v) is 4.66. The van der Waals surface area contributed by atoms with Gasteiger partial charge in [0.25, 0.3) is 5.91 Å². The smallest absolute Gasteiger partial charge is 0.339 e. The number of hydrogen-bond donors (Lipinski definition) is 1. The number of nitrogens with one attached hydrogen (secondary N) is 1. The number of fused-ring (bicyclic) bond motifs is 1. The van der Waals surface area contributed by atoms with Crippen LogP contribution in [0.15, 0.2) is 24.3 Å². The molecular weight excluding hydrogens is 290 g/mol. The highest BCUT2D eigenvalue weighted by Crippen LogP contribution is 2.28. The Hall–Kier alpha value is -1.84. The minimum Gasteiger partial charge on any atom is -0.445 e. The van der Waals surface area contributed by atoms with E-state index < -0.39 is 11.6 Å². The molecule has 0 saturated carbocycles. The summed E-state index contributed by atoms with van der Waals surface area (Å²) in [6.07, 6.45) is 4.92. The highest BCUT2D eigenvalue weighted by Gasteiger charge is 2.42. The maximum atomic E-state index is 12.6. The predicted octanol–water partition coefficient (Wildman–Crippen LogP) is 3.49. The average molecular weight is 317 g/mol. The van der Waals surface area contributed by atoms with Crippen LogP contribution in [0.4, 0.5) is 0 Å². The molecule has 0 aromatic heterocycles. The Kier molecular flexibility index (Phi) is 5.80. The fourth-order valence-electron chi connectivity index (χ4n) is 3.03. The molecule has 4 nitrogen and oxygen atoms in total. The molecule has 1 amide bonds. The van der Waals surface area contributed by atoms with Crippen LogP contribution in [0.1, 0.15) is 62.4 Å². The molecule has 2 unspecified atom stereocenters. The minimum absolute atomic E-state index is 0.199. The number of carbonyl (C=O) groups is 2. The molecule has 0 aliphatic carbocycles. The van der Waals surface area contributed by atoms with Crippen molar-refractivity contribution in [2.45, 2.75) is 58.5 Å². The van der Waals surface area contributed by atoms with Crippen LogP contribution in [0.5, 0.6) is 0 Å². The van der Waals surface area contributed by atoms with Crippen LogP contribution < -0.4 is 5.32 Å². The molecule has 0 radical (unpaired) electrons. The van der Waals surface area contributed by atoms with E-state index >= 15 is 0 Å². The van der Waals surface area contributed by atoms with Crippen LogP contribution in [-0.2, 0) is 16.0 Å². The first kappa shape index (κ1) is 17.5. The molecule has 0 saturated heterocycles. The van der Waals surface area contributed by atoms with Crippen LogP contribution >= 0.6 is 0 Å². The van der Waals surface area contributed by atoms with Gasteiger partial charge in [-0.2, -0.15) is 0 Å². The zero-order valence-corrected chi connectivity index (χ0v) is 14.4. The van der Waals surface area contributed by atoms with Gasteiger partial charge in [0.1, 0.15) is 0 Å². The molecule has 1 aliphatic heterocycles. The molecule has 126 valence electrons. The van der Waals surface area contributed by atoms with Gasteiger partial charge in [-0.25, -0.2) is 4.79 Å². The number of rotatable bonds is 7. The van der Waals surface area contributed by atoms with E-state index in [-0.39, 0.29) is 5.91 Å². The molecule has 0 fully saturated rings. The van der Waals surface area contributed by atoms with E-state index in [0.29, 0.717) is 24.4 Å². The lowest BCUT2D eigenvalue weighted by atomic mass is 9.89. The van der Waals surface area contributed by atoms with Crippen LogP contribution in [0.3, 0.4) is 0 Å². The van der Waals surface area contributed by atoms with Gasteiger partial charge < -0.3 is 10.1 Å². The lowest BCUT2D eigenvalue weighted by Gasteiger charge is -2.33. The van der Waals surface area contributed by atoms with Gasteiger partial charge >= 0.3 is 5.97 Å². The summed E-state index contributed by atoms with van der Waals surface area (Å²) in [5.74, 6) is -0.132. The highest BCUT2D eigenvalue weighted by molar-refractivity contribution is 5.97. The molecule has 1 heterocycles. The highest BCUT2D eigenvalue weighted by atomic mass is 16.6. The van der Waals surface area contributed by atoms with Crippen molar-refractivity contribution in [2.24, 2.45) is 5.92 Å². The molecule has 2 rings (SSSR count). The maximum Gasteiger partial charge on any atom is 0.339 e. The fraction of sp³-hybridized carbons (Fsp3) is 0.579. The van der Waals surface area contributed by atoms with Gasteiger partial charge in [-0.15, -0.1) is 0 Å².